The Labute approximate surface area is 128 Å². The predicted molar refractivity (Wildman–Crippen MR) is 87.0 cm³/mol. The molecule has 1 aromatic rings. The highest BCUT2D eigenvalue weighted by Crippen LogP contribution is 2.22. The van der Waals surface area contributed by atoms with Gasteiger partial charge in [0.15, 0.2) is 0 Å². The second kappa shape index (κ2) is 8.18. The summed E-state index contributed by atoms with van der Waals surface area (Å²) in [5.41, 5.74) is 7.06. The summed E-state index contributed by atoms with van der Waals surface area (Å²) < 4.78 is 0. The van der Waals surface area contributed by atoms with Gasteiger partial charge in [-0.25, -0.2) is 0 Å². The van der Waals surface area contributed by atoms with Crippen molar-refractivity contribution in [3.05, 3.63) is 35.9 Å². The van der Waals surface area contributed by atoms with Crippen LogP contribution in [-0.4, -0.2) is 30.4 Å². The molecule has 0 aliphatic heterocycles. The van der Waals surface area contributed by atoms with E-state index in [1.807, 2.05) is 30.1 Å². The Kier molecular flexibility index (Phi) is 6.24. The standard InChI is InChI=1S/C18H28N2O/c1-20(17-11-7-2-3-8-12-17)18(21)16(14-19)13-15-9-5-4-6-10-15/h4-6,9-10,16-17H,2-3,7-8,11-14,19H2,1H3. The summed E-state index contributed by atoms with van der Waals surface area (Å²) in [6, 6.07) is 10.6. The van der Waals surface area contributed by atoms with E-state index >= 15 is 0 Å². The number of carbonyl (C=O) groups excluding carboxylic acids is 1. The molecule has 1 fully saturated rings. The number of hydrogen-bond donors (Lipinski definition) is 1. The van der Waals surface area contributed by atoms with E-state index in [1.165, 1.54) is 31.2 Å². The number of hydrogen-bond acceptors (Lipinski definition) is 2. The zero-order valence-corrected chi connectivity index (χ0v) is 13.1. The van der Waals surface area contributed by atoms with Gasteiger partial charge in [-0.3, -0.25) is 4.79 Å². The first-order chi connectivity index (χ1) is 10.2. The number of nitrogens with zero attached hydrogens (tertiary/aromatic N) is 1. The van der Waals surface area contributed by atoms with Crippen LogP contribution < -0.4 is 5.73 Å². The molecule has 21 heavy (non-hydrogen) atoms. The van der Waals surface area contributed by atoms with Crippen LogP contribution in [0.5, 0.6) is 0 Å². The van der Waals surface area contributed by atoms with E-state index < -0.39 is 0 Å². The molecule has 0 radical (unpaired) electrons. The van der Waals surface area contributed by atoms with Gasteiger partial charge in [0.1, 0.15) is 0 Å². The topological polar surface area (TPSA) is 46.3 Å². The van der Waals surface area contributed by atoms with Crippen molar-refractivity contribution < 1.29 is 4.79 Å². The Morgan fingerprint density at radius 2 is 1.81 bits per heavy atom. The average molecular weight is 288 g/mol. The van der Waals surface area contributed by atoms with E-state index in [2.05, 4.69) is 12.1 Å². The van der Waals surface area contributed by atoms with Gasteiger partial charge in [0.05, 0.1) is 5.92 Å². The van der Waals surface area contributed by atoms with Crippen molar-refractivity contribution in [3.8, 4) is 0 Å². The van der Waals surface area contributed by atoms with Crippen LogP contribution in [0.1, 0.15) is 44.1 Å². The van der Waals surface area contributed by atoms with E-state index in [0.717, 1.165) is 19.3 Å². The molecule has 0 aromatic heterocycles. The molecule has 1 atom stereocenters. The van der Waals surface area contributed by atoms with Crippen LogP contribution in [0.4, 0.5) is 0 Å². The lowest BCUT2D eigenvalue weighted by Gasteiger charge is -2.30. The zero-order chi connectivity index (χ0) is 15.1. The van der Waals surface area contributed by atoms with Crippen molar-refractivity contribution in [2.24, 2.45) is 11.7 Å². The molecule has 1 amide bonds. The quantitative estimate of drug-likeness (QED) is 0.847. The largest absolute Gasteiger partial charge is 0.342 e. The lowest BCUT2D eigenvalue weighted by Crippen LogP contribution is -2.43. The number of benzene rings is 1. The summed E-state index contributed by atoms with van der Waals surface area (Å²) in [6.07, 6.45) is 8.14. The van der Waals surface area contributed by atoms with Gasteiger partial charge < -0.3 is 10.6 Å². The minimum atomic E-state index is -0.0966. The Hall–Kier alpha value is -1.35. The lowest BCUT2D eigenvalue weighted by molar-refractivity contribution is -0.136. The Bertz CT molecular complexity index is 424. The monoisotopic (exact) mass is 288 g/mol. The molecule has 0 saturated heterocycles. The van der Waals surface area contributed by atoms with E-state index in [9.17, 15) is 4.79 Å². The van der Waals surface area contributed by atoms with Crippen LogP contribution in [0.3, 0.4) is 0 Å². The molecule has 1 aliphatic carbocycles. The third kappa shape index (κ3) is 4.57. The highest BCUT2D eigenvalue weighted by Gasteiger charge is 2.26. The fourth-order valence-corrected chi connectivity index (χ4v) is 3.28. The number of nitrogens with two attached hydrogens (primary N) is 1. The summed E-state index contributed by atoms with van der Waals surface area (Å²) >= 11 is 0. The summed E-state index contributed by atoms with van der Waals surface area (Å²) in [5.74, 6) is 0.119. The minimum absolute atomic E-state index is 0.0966. The molecule has 1 aromatic carbocycles. The minimum Gasteiger partial charge on any atom is -0.342 e. The van der Waals surface area contributed by atoms with E-state index in [4.69, 9.17) is 5.73 Å². The van der Waals surface area contributed by atoms with E-state index in [1.54, 1.807) is 0 Å². The van der Waals surface area contributed by atoms with Crippen molar-refractivity contribution in [2.45, 2.75) is 51.0 Å². The lowest BCUT2D eigenvalue weighted by atomic mass is 9.96. The highest BCUT2D eigenvalue weighted by atomic mass is 16.2. The summed E-state index contributed by atoms with van der Waals surface area (Å²) in [5, 5.41) is 0. The third-order valence-corrected chi connectivity index (χ3v) is 4.68. The normalized spacial score (nSPS) is 18.0. The van der Waals surface area contributed by atoms with Crippen LogP contribution in [0.15, 0.2) is 30.3 Å². The highest BCUT2D eigenvalue weighted by molar-refractivity contribution is 5.79. The van der Waals surface area contributed by atoms with Gasteiger partial charge in [0.2, 0.25) is 5.91 Å². The zero-order valence-electron chi connectivity index (χ0n) is 13.1. The summed E-state index contributed by atoms with van der Waals surface area (Å²) in [4.78, 5) is 14.7. The van der Waals surface area contributed by atoms with Crippen molar-refractivity contribution in [3.63, 3.8) is 0 Å². The smallest absolute Gasteiger partial charge is 0.227 e. The van der Waals surface area contributed by atoms with Crippen LogP contribution in [0.2, 0.25) is 0 Å². The second-order valence-electron chi connectivity index (χ2n) is 6.22. The SMILES string of the molecule is CN(C(=O)C(CN)Cc1ccccc1)C1CCCCCC1. The van der Waals surface area contributed by atoms with E-state index in [0.29, 0.717) is 12.6 Å². The Balaban J connectivity index is 1.98. The van der Waals surface area contributed by atoms with Gasteiger partial charge in [-0.15, -0.1) is 0 Å². The van der Waals surface area contributed by atoms with E-state index in [-0.39, 0.29) is 11.8 Å². The number of rotatable bonds is 5. The fraction of sp³-hybridized carbons (Fsp3) is 0.611. The van der Waals surface area contributed by atoms with Gasteiger partial charge in [-0.1, -0.05) is 56.0 Å². The fourth-order valence-electron chi connectivity index (χ4n) is 3.28. The van der Waals surface area contributed by atoms with Crippen LogP contribution >= 0.6 is 0 Å². The predicted octanol–water partition coefficient (Wildman–Crippen LogP) is 2.99. The Morgan fingerprint density at radius 3 is 2.38 bits per heavy atom. The number of carbonyl (C=O) groups is 1. The average Bonchev–Trinajstić information content (AvgIpc) is 2.81. The molecule has 1 saturated carbocycles. The molecule has 0 bridgehead atoms. The van der Waals surface area contributed by atoms with Gasteiger partial charge in [-0.2, -0.15) is 0 Å². The molecule has 0 heterocycles. The summed E-state index contributed by atoms with van der Waals surface area (Å²) in [7, 11) is 1.96. The summed E-state index contributed by atoms with van der Waals surface area (Å²) in [6.45, 7) is 0.421. The maximum atomic E-state index is 12.7. The van der Waals surface area contributed by atoms with Crippen LogP contribution in [0, 0.1) is 5.92 Å². The molecule has 3 nitrogen and oxygen atoms in total. The van der Waals surface area contributed by atoms with Gasteiger partial charge in [0.25, 0.3) is 0 Å². The molecule has 2 N–H and O–H groups in total. The molecule has 1 aliphatic rings. The van der Waals surface area contributed by atoms with Crippen LogP contribution in [-0.2, 0) is 11.2 Å². The first kappa shape index (κ1) is 16.0. The van der Waals surface area contributed by atoms with Gasteiger partial charge in [-0.05, 0) is 24.8 Å². The molecular formula is C18H28N2O. The van der Waals surface area contributed by atoms with Crippen molar-refractivity contribution in [2.75, 3.05) is 13.6 Å². The van der Waals surface area contributed by atoms with Gasteiger partial charge >= 0.3 is 0 Å². The van der Waals surface area contributed by atoms with Crippen molar-refractivity contribution >= 4 is 5.91 Å². The maximum Gasteiger partial charge on any atom is 0.227 e. The molecule has 2 rings (SSSR count). The number of amides is 1. The van der Waals surface area contributed by atoms with Crippen molar-refractivity contribution in [1.82, 2.24) is 4.90 Å². The molecule has 0 spiro atoms. The third-order valence-electron chi connectivity index (χ3n) is 4.68. The molecule has 3 heteroatoms. The maximum absolute atomic E-state index is 12.7. The molecule has 116 valence electrons. The van der Waals surface area contributed by atoms with Gasteiger partial charge in [0, 0.05) is 19.6 Å². The van der Waals surface area contributed by atoms with Crippen LogP contribution in [0.25, 0.3) is 0 Å². The van der Waals surface area contributed by atoms with Crippen molar-refractivity contribution in [1.29, 1.82) is 0 Å². The first-order valence-electron chi connectivity index (χ1n) is 8.23. The Morgan fingerprint density at radius 1 is 1.19 bits per heavy atom. The first-order valence-corrected chi connectivity index (χ1v) is 8.23. The molecular weight excluding hydrogens is 260 g/mol. The molecule has 1 unspecified atom stereocenters. The second-order valence-corrected chi connectivity index (χ2v) is 6.22.